The highest BCUT2D eigenvalue weighted by atomic mass is 16.5. The molecule has 0 aliphatic heterocycles. The van der Waals surface area contributed by atoms with Crippen molar-refractivity contribution in [1.29, 1.82) is 0 Å². The number of benzene rings is 1. The lowest BCUT2D eigenvalue weighted by Crippen LogP contribution is -2.28. The van der Waals surface area contributed by atoms with Crippen LogP contribution < -0.4 is 22.3 Å². The van der Waals surface area contributed by atoms with E-state index in [0.29, 0.717) is 6.67 Å². The second kappa shape index (κ2) is 6.33. The van der Waals surface area contributed by atoms with Gasteiger partial charge in [-0.1, -0.05) is 12.1 Å². The van der Waals surface area contributed by atoms with Crippen LogP contribution in [0.3, 0.4) is 0 Å². The van der Waals surface area contributed by atoms with Crippen molar-refractivity contribution in [2.45, 2.75) is 6.54 Å². The van der Waals surface area contributed by atoms with E-state index < -0.39 is 0 Å². The summed E-state index contributed by atoms with van der Waals surface area (Å²) < 4.78 is 0. The van der Waals surface area contributed by atoms with Gasteiger partial charge in [-0.2, -0.15) is 0 Å². The maximum Gasteiger partial charge on any atom is 0.0613 e. The Morgan fingerprint density at radius 3 is 2.80 bits per heavy atom. The van der Waals surface area contributed by atoms with E-state index in [-0.39, 0.29) is 13.2 Å². The van der Waals surface area contributed by atoms with Crippen LogP contribution in [0.15, 0.2) is 24.3 Å². The van der Waals surface area contributed by atoms with Gasteiger partial charge >= 0.3 is 0 Å². The summed E-state index contributed by atoms with van der Waals surface area (Å²) in [5.41, 5.74) is 17.9. The van der Waals surface area contributed by atoms with E-state index in [1.54, 1.807) is 0 Å². The van der Waals surface area contributed by atoms with Crippen LogP contribution in [0.1, 0.15) is 5.56 Å². The van der Waals surface area contributed by atoms with E-state index in [2.05, 4.69) is 10.9 Å². The molecule has 6 N–H and O–H groups in total. The summed E-state index contributed by atoms with van der Waals surface area (Å²) in [6, 6.07) is 7.47. The maximum absolute atomic E-state index is 11.0. The Bertz CT molecular complexity index is 294. The van der Waals surface area contributed by atoms with Crippen molar-refractivity contribution >= 4 is 5.69 Å². The van der Waals surface area contributed by atoms with Crippen LogP contribution in [0.25, 0.3) is 0 Å². The van der Waals surface area contributed by atoms with E-state index in [9.17, 15) is 5.21 Å². The van der Waals surface area contributed by atoms with Crippen molar-refractivity contribution in [3.8, 4) is 0 Å². The van der Waals surface area contributed by atoms with E-state index in [1.165, 1.54) is 0 Å². The van der Waals surface area contributed by atoms with Crippen LogP contribution in [0.4, 0.5) is 5.69 Å². The fourth-order valence-electron chi connectivity index (χ4n) is 1.17. The number of nitrogens with one attached hydrogen (secondary N) is 2. The highest BCUT2D eigenvalue weighted by Gasteiger charge is 1.95. The van der Waals surface area contributed by atoms with Gasteiger partial charge in [-0.15, -0.1) is 0 Å². The number of nitrogens with two attached hydrogens (primary N) is 2. The molecule has 6 nitrogen and oxygen atoms in total. The average Bonchev–Trinajstić information content (AvgIpc) is 2.26. The summed E-state index contributed by atoms with van der Waals surface area (Å²) in [6.45, 7) is 0.619. The van der Waals surface area contributed by atoms with Crippen molar-refractivity contribution in [2.24, 2.45) is 11.5 Å². The molecular weight excluding hydrogens is 194 g/mol. The number of anilines is 1. The molecule has 6 heteroatoms. The molecule has 15 heavy (non-hydrogen) atoms. The molecule has 0 saturated heterocycles. The first kappa shape index (κ1) is 11.9. The van der Waals surface area contributed by atoms with Gasteiger partial charge in [0, 0.05) is 18.9 Å². The van der Waals surface area contributed by atoms with Crippen LogP contribution in [0, 0.1) is 5.21 Å². The van der Waals surface area contributed by atoms with E-state index >= 15 is 0 Å². The van der Waals surface area contributed by atoms with E-state index in [4.69, 9.17) is 11.5 Å². The van der Waals surface area contributed by atoms with Crippen LogP contribution >= 0.6 is 0 Å². The summed E-state index contributed by atoms with van der Waals surface area (Å²) in [6.07, 6.45) is 0. The maximum atomic E-state index is 11.0. The third kappa shape index (κ3) is 4.24. The van der Waals surface area contributed by atoms with Gasteiger partial charge in [-0.3, -0.25) is 0 Å². The normalized spacial score (nSPS) is 10.7. The molecule has 0 fully saturated rings. The van der Waals surface area contributed by atoms with Gasteiger partial charge in [0.1, 0.15) is 0 Å². The first-order valence-corrected chi connectivity index (χ1v) is 4.66. The summed E-state index contributed by atoms with van der Waals surface area (Å²) in [4.78, 5) is 0. The largest absolute Gasteiger partial charge is 0.784 e. The molecule has 84 valence electrons. The second-order valence-corrected chi connectivity index (χ2v) is 3.03. The third-order valence-electron chi connectivity index (χ3n) is 1.82. The molecule has 0 atom stereocenters. The summed E-state index contributed by atoms with van der Waals surface area (Å²) in [7, 11) is 0. The van der Waals surface area contributed by atoms with Crippen molar-refractivity contribution in [3.05, 3.63) is 35.0 Å². The molecule has 1 rings (SSSR count). The number of hydrazine groups is 1. The van der Waals surface area contributed by atoms with Gasteiger partial charge in [0.2, 0.25) is 0 Å². The predicted octanol–water partition coefficient (Wildman–Crippen LogP) is -0.265. The minimum atomic E-state index is -0.00128. The summed E-state index contributed by atoms with van der Waals surface area (Å²) in [5.74, 6) is 0. The number of rotatable bonds is 6. The quantitative estimate of drug-likeness (QED) is 0.381. The van der Waals surface area contributed by atoms with E-state index in [1.807, 2.05) is 24.3 Å². The Hall–Kier alpha value is -1.18. The van der Waals surface area contributed by atoms with Gasteiger partial charge in [0.05, 0.1) is 6.67 Å². The second-order valence-electron chi connectivity index (χ2n) is 3.03. The van der Waals surface area contributed by atoms with Crippen LogP contribution in [-0.4, -0.2) is 18.4 Å². The fourth-order valence-corrected chi connectivity index (χ4v) is 1.17. The molecule has 0 saturated carbocycles. The van der Waals surface area contributed by atoms with Gasteiger partial charge in [0.25, 0.3) is 0 Å². The Morgan fingerprint density at radius 1 is 1.33 bits per heavy atom. The molecule has 1 aromatic carbocycles. The number of hydrogen-bond acceptors (Lipinski definition) is 6. The lowest BCUT2D eigenvalue weighted by molar-refractivity contribution is 0.382. The molecule has 0 unspecified atom stereocenters. The summed E-state index contributed by atoms with van der Waals surface area (Å²) in [5, 5.41) is 11.8. The molecular formula is C9H16N5O-. The smallest absolute Gasteiger partial charge is 0.0613 e. The van der Waals surface area contributed by atoms with Crippen molar-refractivity contribution < 1.29 is 0 Å². The average molecular weight is 210 g/mol. The molecule has 0 amide bonds. The number of hydroxylamine groups is 2. The molecule has 0 spiro atoms. The minimum Gasteiger partial charge on any atom is -0.784 e. The van der Waals surface area contributed by atoms with Gasteiger partial charge < -0.3 is 27.2 Å². The number of nitrogens with zero attached hydrogens (tertiary/aromatic N) is 1. The Kier molecular flexibility index (Phi) is 5.02. The Labute approximate surface area is 88.8 Å². The molecule has 0 aromatic heterocycles. The third-order valence-corrected chi connectivity index (χ3v) is 1.82. The van der Waals surface area contributed by atoms with E-state index in [0.717, 1.165) is 16.3 Å². The standard InChI is InChI=1S/C9H16N5O/c10-6-12-13-9-3-1-2-8(4-9)5-14(15)7-11/h1-4,12-13H,5-7,10-11H2/q-1. The van der Waals surface area contributed by atoms with Crippen LogP contribution in [-0.2, 0) is 6.54 Å². The first-order valence-electron chi connectivity index (χ1n) is 4.66. The van der Waals surface area contributed by atoms with Gasteiger partial charge in [0.15, 0.2) is 0 Å². The fraction of sp³-hybridized carbons (Fsp3) is 0.333. The highest BCUT2D eigenvalue weighted by molar-refractivity contribution is 5.44. The molecule has 0 aliphatic rings. The minimum absolute atomic E-state index is 0.00128. The van der Waals surface area contributed by atoms with Crippen molar-refractivity contribution in [2.75, 3.05) is 18.8 Å². The topological polar surface area (TPSA) is 102 Å². The highest BCUT2D eigenvalue weighted by Crippen LogP contribution is 2.10. The van der Waals surface area contributed by atoms with Crippen LogP contribution in [0.2, 0.25) is 0 Å². The zero-order valence-electron chi connectivity index (χ0n) is 8.44. The zero-order valence-corrected chi connectivity index (χ0v) is 8.44. The van der Waals surface area contributed by atoms with Gasteiger partial charge in [-0.25, -0.2) is 5.43 Å². The molecule has 1 aromatic rings. The SMILES string of the molecule is NCNNc1cccc(CN([O-])CN)c1. The number of hydrogen-bond donors (Lipinski definition) is 4. The van der Waals surface area contributed by atoms with Gasteiger partial charge in [-0.05, 0) is 17.7 Å². The van der Waals surface area contributed by atoms with Crippen molar-refractivity contribution in [1.82, 2.24) is 10.5 Å². The summed E-state index contributed by atoms with van der Waals surface area (Å²) >= 11 is 0. The Balaban J connectivity index is 2.57. The molecule has 0 aliphatic carbocycles. The lowest BCUT2D eigenvalue weighted by Gasteiger charge is -2.25. The monoisotopic (exact) mass is 210 g/mol. The Morgan fingerprint density at radius 2 is 2.13 bits per heavy atom. The first-order chi connectivity index (χ1) is 7.26. The predicted molar refractivity (Wildman–Crippen MR) is 60.2 cm³/mol. The zero-order chi connectivity index (χ0) is 11.1. The molecule has 0 bridgehead atoms. The molecule has 0 radical (unpaired) electrons. The lowest BCUT2D eigenvalue weighted by atomic mass is 10.2. The molecule has 0 heterocycles. The van der Waals surface area contributed by atoms with Crippen molar-refractivity contribution in [3.63, 3.8) is 0 Å². The van der Waals surface area contributed by atoms with Crippen LogP contribution in [0.5, 0.6) is 0 Å².